The Morgan fingerprint density at radius 1 is 1.30 bits per heavy atom. The van der Waals surface area contributed by atoms with Gasteiger partial charge in [-0.25, -0.2) is 0 Å². The Morgan fingerprint density at radius 2 is 2.00 bits per heavy atom. The number of nitrogens with one attached hydrogen (secondary N) is 1. The molecule has 27 heavy (non-hydrogen) atoms. The van der Waals surface area contributed by atoms with E-state index in [4.69, 9.17) is 9.16 Å². The number of benzene rings is 1. The molecule has 1 aliphatic heterocycles. The summed E-state index contributed by atoms with van der Waals surface area (Å²) in [6.07, 6.45) is 6.57. The predicted octanol–water partition coefficient (Wildman–Crippen LogP) is 4.60. The van der Waals surface area contributed by atoms with E-state index in [0.29, 0.717) is 13.0 Å². The summed E-state index contributed by atoms with van der Waals surface area (Å²) in [5.41, 5.74) is 2.42. The Bertz CT molecular complexity index is 664. The molecule has 0 saturated carbocycles. The molecule has 0 aromatic heterocycles. The monoisotopic (exact) mass is 389 g/mol. The maximum Gasteiger partial charge on any atom is 0.220 e. The third-order valence-electron chi connectivity index (χ3n) is 5.58. The summed E-state index contributed by atoms with van der Waals surface area (Å²) in [6, 6.07) is 8.63. The second-order valence-electron chi connectivity index (χ2n) is 8.97. The molecule has 1 aliphatic rings. The van der Waals surface area contributed by atoms with Crippen LogP contribution in [0.25, 0.3) is 0 Å². The van der Waals surface area contributed by atoms with E-state index in [1.165, 1.54) is 11.1 Å². The van der Waals surface area contributed by atoms with E-state index >= 15 is 0 Å². The molecular weight excluding hydrogens is 354 g/mol. The molecule has 0 unspecified atom stereocenters. The summed E-state index contributed by atoms with van der Waals surface area (Å²) in [4.78, 5) is 11.5. The Labute approximate surface area is 165 Å². The van der Waals surface area contributed by atoms with Gasteiger partial charge in [-0.05, 0) is 35.7 Å². The first-order valence-electron chi connectivity index (χ1n) is 9.83. The van der Waals surface area contributed by atoms with Crippen molar-refractivity contribution >= 4 is 14.2 Å². The second-order valence-corrected chi connectivity index (χ2v) is 13.7. The summed E-state index contributed by atoms with van der Waals surface area (Å²) in [5.74, 6) is 0.138. The summed E-state index contributed by atoms with van der Waals surface area (Å²) in [5, 5.41) is 3.16. The fourth-order valence-electron chi connectivity index (χ4n) is 2.99. The van der Waals surface area contributed by atoms with Crippen molar-refractivity contribution in [3.05, 3.63) is 47.5 Å². The molecule has 0 bridgehead atoms. The van der Waals surface area contributed by atoms with Crippen molar-refractivity contribution in [1.29, 1.82) is 0 Å². The minimum absolute atomic E-state index is 0.00110. The van der Waals surface area contributed by atoms with Gasteiger partial charge < -0.3 is 14.5 Å². The number of rotatable bonds is 8. The molecule has 5 heteroatoms. The van der Waals surface area contributed by atoms with Crippen LogP contribution in [0.1, 0.15) is 44.7 Å². The van der Waals surface area contributed by atoms with Crippen molar-refractivity contribution in [2.24, 2.45) is 0 Å². The highest BCUT2D eigenvalue weighted by Gasteiger charge is 2.38. The Morgan fingerprint density at radius 3 is 2.59 bits per heavy atom. The van der Waals surface area contributed by atoms with Crippen molar-refractivity contribution in [2.45, 2.75) is 76.9 Å². The Hall–Kier alpha value is -1.43. The van der Waals surface area contributed by atoms with Crippen LogP contribution in [0, 0.1) is 0 Å². The van der Waals surface area contributed by atoms with Gasteiger partial charge in [0.15, 0.2) is 8.32 Å². The van der Waals surface area contributed by atoms with Gasteiger partial charge in [0, 0.05) is 26.0 Å². The van der Waals surface area contributed by atoms with E-state index in [0.717, 1.165) is 12.8 Å². The third kappa shape index (κ3) is 6.59. The highest BCUT2D eigenvalue weighted by Crippen LogP contribution is 2.37. The normalized spacial score (nSPS) is 19.5. The number of amides is 1. The predicted molar refractivity (Wildman–Crippen MR) is 113 cm³/mol. The maximum atomic E-state index is 11.5. The largest absolute Gasteiger partial charge is 0.410 e. The quantitative estimate of drug-likeness (QED) is 0.522. The smallest absolute Gasteiger partial charge is 0.220 e. The molecule has 1 aromatic rings. The van der Waals surface area contributed by atoms with Gasteiger partial charge in [0.1, 0.15) is 0 Å². The lowest BCUT2D eigenvalue weighted by Crippen LogP contribution is -2.44. The first-order valence-corrected chi connectivity index (χ1v) is 12.7. The van der Waals surface area contributed by atoms with Crippen LogP contribution in [0.4, 0.5) is 0 Å². The molecular formula is C22H35NO3Si. The van der Waals surface area contributed by atoms with Crippen LogP contribution in [0.5, 0.6) is 0 Å². The Kier molecular flexibility index (Phi) is 7.43. The lowest BCUT2D eigenvalue weighted by atomic mass is 10.0. The molecule has 2 rings (SSSR count). The van der Waals surface area contributed by atoms with E-state index in [2.05, 4.69) is 75.6 Å². The van der Waals surface area contributed by atoms with Crippen LogP contribution in [0.3, 0.4) is 0 Å². The zero-order valence-electron chi connectivity index (χ0n) is 17.7. The molecule has 0 spiro atoms. The lowest BCUT2D eigenvalue weighted by molar-refractivity contribution is -0.119. The first kappa shape index (κ1) is 21.9. The first-order chi connectivity index (χ1) is 12.6. The average molecular weight is 390 g/mol. The van der Waals surface area contributed by atoms with Crippen LogP contribution in [-0.2, 0) is 27.0 Å². The summed E-state index contributed by atoms with van der Waals surface area (Å²) < 4.78 is 12.0. The van der Waals surface area contributed by atoms with Crippen LogP contribution in [0.15, 0.2) is 36.4 Å². The van der Waals surface area contributed by atoms with Gasteiger partial charge >= 0.3 is 0 Å². The second kappa shape index (κ2) is 9.17. The molecule has 4 nitrogen and oxygen atoms in total. The number of ether oxygens (including phenoxy) is 1. The topological polar surface area (TPSA) is 47.6 Å². The SMILES string of the molecule is COCc1cccc(C[C@@H](/C=C/[C@H]2CCC(=O)N2)O[Si](C)(C)C(C)(C)C)c1. The minimum atomic E-state index is -1.90. The molecule has 1 fully saturated rings. The molecule has 150 valence electrons. The average Bonchev–Trinajstić information content (AvgIpc) is 2.97. The molecule has 1 aromatic carbocycles. The molecule has 1 N–H and O–H groups in total. The van der Waals surface area contributed by atoms with Gasteiger partial charge in [0.25, 0.3) is 0 Å². The Balaban J connectivity index is 2.16. The van der Waals surface area contributed by atoms with Crippen LogP contribution < -0.4 is 5.32 Å². The van der Waals surface area contributed by atoms with Crippen LogP contribution >= 0.6 is 0 Å². The van der Waals surface area contributed by atoms with Crippen molar-refractivity contribution in [3.63, 3.8) is 0 Å². The van der Waals surface area contributed by atoms with E-state index in [-0.39, 0.29) is 23.1 Å². The fraction of sp³-hybridized carbons (Fsp3) is 0.591. The van der Waals surface area contributed by atoms with E-state index < -0.39 is 8.32 Å². The zero-order valence-corrected chi connectivity index (χ0v) is 18.7. The summed E-state index contributed by atoms with van der Waals surface area (Å²) in [7, 11) is -0.187. The van der Waals surface area contributed by atoms with Crippen molar-refractivity contribution in [1.82, 2.24) is 5.32 Å². The van der Waals surface area contributed by atoms with E-state index in [1.807, 2.05) is 0 Å². The molecule has 1 heterocycles. The third-order valence-corrected chi connectivity index (χ3v) is 10.1. The molecule has 2 atom stereocenters. The molecule has 0 radical (unpaired) electrons. The van der Waals surface area contributed by atoms with Crippen molar-refractivity contribution < 1.29 is 14.0 Å². The minimum Gasteiger partial charge on any atom is -0.410 e. The number of methoxy groups -OCH3 is 1. The van der Waals surface area contributed by atoms with Crippen molar-refractivity contribution in [2.75, 3.05) is 7.11 Å². The van der Waals surface area contributed by atoms with Crippen LogP contribution in [-0.4, -0.2) is 33.5 Å². The standard InChI is InChI=1S/C22H35NO3Si/c1-22(2,3)27(5,6)26-20(12-10-19-11-13-21(24)23-19)15-17-8-7-9-18(14-17)16-25-4/h7-10,12,14,19-20H,11,13,15-16H2,1-6H3,(H,23,24)/b12-10+/t19-,20+/m0/s1. The van der Waals surface area contributed by atoms with E-state index in [1.54, 1.807) is 7.11 Å². The highest BCUT2D eigenvalue weighted by atomic mass is 28.4. The van der Waals surface area contributed by atoms with Gasteiger partial charge in [-0.3, -0.25) is 4.79 Å². The van der Waals surface area contributed by atoms with E-state index in [9.17, 15) is 4.79 Å². The van der Waals surface area contributed by atoms with Crippen molar-refractivity contribution in [3.8, 4) is 0 Å². The van der Waals surface area contributed by atoms with Gasteiger partial charge in [-0.2, -0.15) is 0 Å². The number of carbonyl (C=O) groups excluding carboxylic acids is 1. The van der Waals surface area contributed by atoms with Gasteiger partial charge in [-0.1, -0.05) is 57.2 Å². The number of hydrogen-bond acceptors (Lipinski definition) is 3. The van der Waals surface area contributed by atoms with Crippen LogP contribution in [0.2, 0.25) is 18.1 Å². The highest BCUT2D eigenvalue weighted by molar-refractivity contribution is 6.74. The fourth-order valence-corrected chi connectivity index (χ4v) is 4.26. The summed E-state index contributed by atoms with van der Waals surface area (Å²) >= 11 is 0. The lowest BCUT2D eigenvalue weighted by Gasteiger charge is -2.38. The van der Waals surface area contributed by atoms with Gasteiger partial charge in [0.05, 0.1) is 12.7 Å². The maximum absolute atomic E-state index is 11.5. The van der Waals surface area contributed by atoms with Gasteiger partial charge in [0.2, 0.25) is 5.91 Å². The number of hydrogen-bond donors (Lipinski definition) is 1. The summed E-state index contributed by atoms with van der Waals surface area (Å²) in [6.45, 7) is 12.0. The number of carbonyl (C=O) groups is 1. The zero-order chi connectivity index (χ0) is 20.1. The molecule has 1 saturated heterocycles. The molecule has 1 amide bonds. The van der Waals surface area contributed by atoms with Gasteiger partial charge in [-0.15, -0.1) is 0 Å². The molecule has 0 aliphatic carbocycles.